The second-order valence-electron chi connectivity index (χ2n) is 8.30. The van der Waals surface area contributed by atoms with E-state index >= 15 is 0 Å². The van der Waals surface area contributed by atoms with Gasteiger partial charge in [0.1, 0.15) is 23.8 Å². The third-order valence-corrected chi connectivity index (χ3v) is 6.25. The molecule has 27 heavy (non-hydrogen) atoms. The van der Waals surface area contributed by atoms with Crippen LogP contribution in [0.15, 0.2) is 12.4 Å². The summed E-state index contributed by atoms with van der Waals surface area (Å²) in [5, 5.41) is 8.89. The first-order valence-corrected chi connectivity index (χ1v) is 10.5. The summed E-state index contributed by atoms with van der Waals surface area (Å²) < 4.78 is 2.36. The summed E-state index contributed by atoms with van der Waals surface area (Å²) in [5.41, 5.74) is 1.06. The van der Waals surface area contributed by atoms with E-state index in [1.807, 2.05) is 0 Å². The van der Waals surface area contributed by atoms with Gasteiger partial charge in [0.2, 0.25) is 0 Å². The fraction of sp³-hybridized carbons (Fsp3) is 0.700. The summed E-state index contributed by atoms with van der Waals surface area (Å²) in [7, 11) is 0. The van der Waals surface area contributed by atoms with Crippen LogP contribution in [-0.2, 0) is 19.5 Å². The minimum atomic E-state index is 0.593. The highest BCUT2D eigenvalue weighted by atomic mass is 15.3. The fourth-order valence-electron chi connectivity index (χ4n) is 4.65. The van der Waals surface area contributed by atoms with Gasteiger partial charge in [0.25, 0.3) is 0 Å². The minimum absolute atomic E-state index is 0.593. The number of hydrogen-bond donors (Lipinski definition) is 0. The lowest BCUT2D eigenvalue weighted by Gasteiger charge is -2.39. The van der Waals surface area contributed by atoms with Crippen LogP contribution in [0, 0.1) is 6.92 Å². The number of piperidine rings is 1. The molecule has 4 heterocycles. The van der Waals surface area contributed by atoms with E-state index in [4.69, 9.17) is 0 Å². The number of aryl methyl sites for hydroxylation is 2. The van der Waals surface area contributed by atoms with Crippen LogP contribution in [0.1, 0.15) is 55.9 Å². The van der Waals surface area contributed by atoms with E-state index in [9.17, 15) is 0 Å². The quantitative estimate of drug-likeness (QED) is 0.808. The van der Waals surface area contributed by atoms with Crippen LogP contribution < -0.4 is 4.90 Å². The molecule has 2 aliphatic heterocycles. The predicted molar refractivity (Wildman–Crippen MR) is 104 cm³/mol. The molecule has 1 saturated carbocycles. The van der Waals surface area contributed by atoms with Crippen LogP contribution in [0.4, 0.5) is 5.82 Å². The van der Waals surface area contributed by atoms with E-state index in [1.54, 1.807) is 6.33 Å². The van der Waals surface area contributed by atoms with E-state index in [0.29, 0.717) is 12.1 Å². The molecule has 1 saturated heterocycles. The monoisotopic (exact) mass is 367 g/mol. The molecular weight excluding hydrogens is 338 g/mol. The lowest BCUT2D eigenvalue weighted by molar-refractivity contribution is 0.193. The molecule has 3 aliphatic rings. The molecule has 0 atom stereocenters. The van der Waals surface area contributed by atoms with Crippen LogP contribution in [-0.4, -0.2) is 54.8 Å². The Morgan fingerprint density at radius 3 is 2.59 bits per heavy atom. The molecule has 0 aromatic carbocycles. The summed E-state index contributed by atoms with van der Waals surface area (Å²) >= 11 is 0. The molecule has 7 heteroatoms. The van der Waals surface area contributed by atoms with E-state index in [-0.39, 0.29) is 0 Å². The van der Waals surface area contributed by atoms with Crippen molar-refractivity contribution in [3.8, 4) is 0 Å². The molecule has 2 aromatic rings. The molecule has 7 nitrogen and oxygen atoms in total. The molecule has 144 valence electrons. The Morgan fingerprint density at radius 1 is 1.00 bits per heavy atom. The minimum Gasteiger partial charge on any atom is -0.350 e. The zero-order chi connectivity index (χ0) is 18.2. The van der Waals surface area contributed by atoms with Gasteiger partial charge in [-0.05, 0) is 45.4 Å². The second kappa shape index (κ2) is 7.19. The largest absolute Gasteiger partial charge is 0.350 e. The summed E-state index contributed by atoms with van der Waals surface area (Å²) in [6, 6.07) is 3.42. The van der Waals surface area contributed by atoms with Gasteiger partial charge < -0.3 is 9.47 Å². The maximum absolute atomic E-state index is 4.58. The molecular formula is C20H29N7. The molecule has 2 fully saturated rings. The van der Waals surface area contributed by atoms with Gasteiger partial charge in [-0.2, -0.15) is 0 Å². The topological polar surface area (TPSA) is 63.0 Å². The van der Waals surface area contributed by atoms with Crippen LogP contribution in [0.5, 0.6) is 0 Å². The van der Waals surface area contributed by atoms with Gasteiger partial charge in [-0.25, -0.2) is 9.97 Å². The third kappa shape index (κ3) is 3.57. The van der Waals surface area contributed by atoms with Crippen molar-refractivity contribution in [3.63, 3.8) is 0 Å². The fourth-order valence-corrected chi connectivity index (χ4v) is 4.65. The average molecular weight is 368 g/mol. The van der Waals surface area contributed by atoms with Gasteiger partial charge in [-0.1, -0.05) is 0 Å². The normalized spacial score (nSPS) is 21.2. The molecule has 0 radical (unpaired) electrons. The standard InChI is InChI=1S/C20H29N7/c1-15-12-19(22-14-21-15)27(16-5-6-16)17-7-10-25(11-8-17)13-20-24-23-18-4-2-3-9-26(18)20/h12,14,16-17H,2-11,13H2,1H3. The first-order chi connectivity index (χ1) is 13.3. The summed E-state index contributed by atoms with van der Waals surface area (Å²) in [6.45, 7) is 6.34. The highest BCUT2D eigenvalue weighted by molar-refractivity contribution is 5.43. The van der Waals surface area contributed by atoms with Gasteiger partial charge in [0.15, 0.2) is 0 Å². The SMILES string of the molecule is Cc1cc(N(C2CC2)C2CCN(Cc3nnc4n3CCCC4)CC2)ncn1. The second-order valence-corrected chi connectivity index (χ2v) is 8.30. The van der Waals surface area contributed by atoms with Crippen LogP contribution in [0.2, 0.25) is 0 Å². The average Bonchev–Trinajstić information content (AvgIpc) is 3.44. The van der Waals surface area contributed by atoms with Crippen molar-refractivity contribution in [3.05, 3.63) is 29.7 Å². The molecule has 0 unspecified atom stereocenters. The summed E-state index contributed by atoms with van der Waals surface area (Å²) in [5.74, 6) is 3.47. The third-order valence-electron chi connectivity index (χ3n) is 6.25. The maximum atomic E-state index is 4.58. The van der Waals surface area contributed by atoms with Crippen molar-refractivity contribution in [2.24, 2.45) is 0 Å². The van der Waals surface area contributed by atoms with Crippen molar-refractivity contribution in [1.82, 2.24) is 29.6 Å². The first-order valence-electron chi connectivity index (χ1n) is 10.5. The van der Waals surface area contributed by atoms with Gasteiger partial charge in [-0.15, -0.1) is 10.2 Å². The summed E-state index contributed by atoms with van der Waals surface area (Å²) in [4.78, 5) is 14.0. The number of nitrogens with zero attached hydrogens (tertiary/aromatic N) is 7. The van der Waals surface area contributed by atoms with E-state index in [2.05, 4.69) is 47.5 Å². The van der Waals surface area contributed by atoms with Crippen LogP contribution >= 0.6 is 0 Å². The molecule has 0 amide bonds. The highest BCUT2D eigenvalue weighted by Crippen LogP contribution is 2.35. The molecule has 0 spiro atoms. The highest BCUT2D eigenvalue weighted by Gasteiger charge is 2.36. The van der Waals surface area contributed by atoms with Gasteiger partial charge in [-0.3, -0.25) is 4.90 Å². The van der Waals surface area contributed by atoms with Gasteiger partial charge in [0.05, 0.1) is 6.54 Å². The van der Waals surface area contributed by atoms with Crippen molar-refractivity contribution in [2.75, 3.05) is 18.0 Å². The van der Waals surface area contributed by atoms with Crippen molar-refractivity contribution in [2.45, 2.75) is 77.0 Å². The molecule has 5 rings (SSSR count). The lowest BCUT2D eigenvalue weighted by Crippen LogP contribution is -2.46. The molecule has 2 aromatic heterocycles. The van der Waals surface area contributed by atoms with E-state index in [0.717, 1.165) is 49.9 Å². The predicted octanol–water partition coefficient (Wildman–Crippen LogP) is 2.35. The zero-order valence-electron chi connectivity index (χ0n) is 16.2. The Hall–Kier alpha value is -2.02. The van der Waals surface area contributed by atoms with Gasteiger partial charge in [0, 0.05) is 49.9 Å². The number of hydrogen-bond acceptors (Lipinski definition) is 6. The lowest BCUT2D eigenvalue weighted by atomic mass is 10.0. The Balaban J connectivity index is 1.24. The van der Waals surface area contributed by atoms with Crippen LogP contribution in [0.25, 0.3) is 0 Å². The molecule has 1 aliphatic carbocycles. The van der Waals surface area contributed by atoms with Crippen molar-refractivity contribution in [1.29, 1.82) is 0 Å². The molecule has 0 bridgehead atoms. The Morgan fingerprint density at radius 2 is 1.81 bits per heavy atom. The smallest absolute Gasteiger partial charge is 0.147 e. The van der Waals surface area contributed by atoms with Crippen molar-refractivity contribution >= 4 is 5.82 Å². The number of anilines is 1. The summed E-state index contributed by atoms with van der Waals surface area (Å²) in [6.07, 6.45) is 10.3. The number of fused-ring (bicyclic) bond motifs is 1. The number of likely N-dealkylation sites (tertiary alicyclic amines) is 1. The number of rotatable bonds is 5. The first kappa shape index (κ1) is 17.1. The Labute approximate surface area is 160 Å². The van der Waals surface area contributed by atoms with E-state index in [1.165, 1.54) is 44.3 Å². The van der Waals surface area contributed by atoms with Gasteiger partial charge >= 0.3 is 0 Å². The Kier molecular flexibility index (Phi) is 4.55. The Bertz CT molecular complexity index is 789. The molecule has 0 N–H and O–H groups in total. The van der Waals surface area contributed by atoms with Crippen molar-refractivity contribution < 1.29 is 0 Å². The number of aromatic nitrogens is 5. The maximum Gasteiger partial charge on any atom is 0.147 e. The van der Waals surface area contributed by atoms with Crippen LogP contribution in [0.3, 0.4) is 0 Å². The van der Waals surface area contributed by atoms with E-state index < -0.39 is 0 Å². The zero-order valence-corrected chi connectivity index (χ0v) is 16.2.